The number of rotatable bonds is 58. The van der Waals surface area contributed by atoms with Crippen molar-refractivity contribution in [1.29, 1.82) is 0 Å². The molecule has 0 saturated carbocycles. The van der Waals surface area contributed by atoms with Crippen LogP contribution in [0.2, 0.25) is 0 Å². The van der Waals surface area contributed by atoms with Gasteiger partial charge in [0.2, 0.25) is 0 Å². The van der Waals surface area contributed by atoms with Crippen LogP contribution in [0.15, 0.2) is 36.5 Å². The van der Waals surface area contributed by atoms with E-state index in [0.29, 0.717) is 12.8 Å². The van der Waals surface area contributed by atoms with E-state index < -0.39 is 6.10 Å². The predicted octanol–water partition coefficient (Wildman–Crippen LogP) is 21.0. The SMILES string of the molecule is CCCCCCC/C=C\C/C=C\C/C=C\CCCCCCCCC(=O)OC(CO)COC(=O)CCCCCCCCCCCCCCCCCCCCCCCCCCCCCCCCCCCC. The second-order valence-corrected chi connectivity index (χ2v) is 21.1. The third kappa shape index (κ3) is 58.6. The Hall–Kier alpha value is -1.88. The molecule has 0 aliphatic carbocycles. The number of hydrogen-bond donors (Lipinski definition) is 1. The van der Waals surface area contributed by atoms with Crippen molar-refractivity contribution in [2.45, 2.75) is 347 Å². The highest BCUT2D eigenvalue weighted by molar-refractivity contribution is 5.70. The number of aliphatic hydroxyl groups is 1. The highest BCUT2D eigenvalue weighted by Crippen LogP contribution is 2.18. The van der Waals surface area contributed by atoms with Crippen molar-refractivity contribution < 1.29 is 24.2 Å². The number of ether oxygens (including phenoxy) is 2. The fraction of sp³-hybridized carbons (Fsp3) is 0.875. The van der Waals surface area contributed by atoms with Crippen LogP contribution in [0, 0.1) is 0 Å². The molecule has 1 atom stereocenters. The average Bonchev–Trinajstić information content (AvgIpc) is 3.35. The van der Waals surface area contributed by atoms with Gasteiger partial charge >= 0.3 is 11.9 Å². The summed E-state index contributed by atoms with van der Waals surface area (Å²) < 4.78 is 10.7. The predicted molar refractivity (Wildman–Crippen MR) is 302 cm³/mol. The molecule has 0 radical (unpaired) electrons. The lowest BCUT2D eigenvalue weighted by molar-refractivity contribution is -0.161. The molecule has 5 nitrogen and oxygen atoms in total. The lowest BCUT2D eigenvalue weighted by Crippen LogP contribution is -2.28. The quantitative estimate of drug-likeness (QED) is 0.0373. The van der Waals surface area contributed by atoms with Gasteiger partial charge in [-0.3, -0.25) is 9.59 Å². The van der Waals surface area contributed by atoms with Crippen molar-refractivity contribution in [2.24, 2.45) is 0 Å². The first kappa shape index (κ1) is 67.1. The summed E-state index contributed by atoms with van der Waals surface area (Å²) >= 11 is 0. The van der Waals surface area contributed by atoms with Crippen LogP contribution in [-0.2, 0) is 19.1 Å². The molecule has 0 aliphatic heterocycles. The van der Waals surface area contributed by atoms with Crippen LogP contribution in [0.5, 0.6) is 0 Å². The van der Waals surface area contributed by atoms with E-state index in [-0.39, 0.29) is 25.2 Å². The van der Waals surface area contributed by atoms with Crippen LogP contribution in [0.3, 0.4) is 0 Å². The van der Waals surface area contributed by atoms with Crippen molar-refractivity contribution >= 4 is 11.9 Å². The number of carbonyl (C=O) groups excluding carboxylic acids is 2. The molecule has 69 heavy (non-hydrogen) atoms. The van der Waals surface area contributed by atoms with E-state index in [2.05, 4.69) is 50.3 Å². The standard InChI is InChI=1S/C64H120O5/c1-3-5-7-9-11-13-15-17-19-21-23-25-26-27-28-29-30-31-32-33-34-35-36-37-39-40-42-44-46-48-50-52-54-56-58-63(66)68-61-62(60-65)69-64(67)59-57-55-53-51-49-47-45-43-41-38-24-22-20-18-16-14-12-10-8-6-4-2/h16,18,22,24,41,43,62,65H,3-15,17,19-21,23,25-40,42,44-61H2,1-2H3/b18-16-,24-22-,43-41-. The maximum absolute atomic E-state index is 12.3. The van der Waals surface area contributed by atoms with Crippen molar-refractivity contribution in [2.75, 3.05) is 13.2 Å². The van der Waals surface area contributed by atoms with Gasteiger partial charge in [0.05, 0.1) is 6.61 Å². The average molecular weight is 970 g/mol. The lowest BCUT2D eigenvalue weighted by Gasteiger charge is -2.15. The van der Waals surface area contributed by atoms with Gasteiger partial charge in [0.15, 0.2) is 6.10 Å². The fourth-order valence-corrected chi connectivity index (χ4v) is 9.51. The molecule has 406 valence electrons. The fourth-order valence-electron chi connectivity index (χ4n) is 9.51. The lowest BCUT2D eigenvalue weighted by atomic mass is 10.0. The number of allylic oxidation sites excluding steroid dienone is 6. The Balaban J connectivity index is 3.41. The normalized spacial score (nSPS) is 12.3. The van der Waals surface area contributed by atoms with E-state index >= 15 is 0 Å². The molecule has 0 spiro atoms. The summed E-state index contributed by atoms with van der Waals surface area (Å²) in [7, 11) is 0. The Morgan fingerprint density at radius 3 is 0.870 bits per heavy atom. The van der Waals surface area contributed by atoms with Crippen molar-refractivity contribution in [3.05, 3.63) is 36.5 Å². The van der Waals surface area contributed by atoms with Crippen molar-refractivity contribution in [3.63, 3.8) is 0 Å². The van der Waals surface area contributed by atoms with Crippen LogP contribution in [-0.4, -0.2) is 36.4 Å². The summed E-state index contributed by atoms with van der Waals surface area (Å²) in [6, 6.07) is 0. The molecule has 0 bridgehead atoms. The molecule has 1 unspecified atom stereocenters. The van der Waals surface area contributed by atoms with Crippen LogP contribution in [0.1, 0.15) is 341 Å². The number of hydrogen-bond acceptors (Lipinski definition) is 5. The molecular weight excluding hydrogens is 849 g/mol. The zero-order chi connectivity index (χ0) is 49.9. The molecule has 0 aromatic rings. The summed E-state index contributed by atoms with van der Waals surface area (Å²) in [5.41, 5.74) is 0. The molecule has 0 heterocycles. The largest absolute Gasteiger partial charge is 0.462 e. The Kier molecular flexibility index (Phi) is 58.8. The van der Waals surface area contributed by atoms with E-state index in [9.17, 15) is 14.7 Å². The molecule has 0 aromatic heterocycles. The van der Waals surface area contributed by atoms with Gasteiger partial charge in [-0.25, -0.2) is 0 Å². The van der Waals surface area contributed by atoms with Gasteiger partial charge in [-0.05, 0) is 51.4 Å². The summed E-state index contributed by atoms with van der Waals surface area (Å²) in [6.07, 6.45) is 78.7. The van der Waals surface area contributed by atoms with Crippen LogP contribution >= 0.6 is 0 Å². The van der Waals surface area contributed by atoms with Crippen LogP contribution in [0.4, 0.5) is 0 Å². The number of carbonyl (C=O) groups is 2. The molecule has 0 amide bonds. The summed E-state index contributed by atoms with van der Waals surface area (Å²) in [6.45, 7) is 4.17. The third-order valence-corrected chi connectivity index (χ3v) is 14.2. The Bertz CT molecular complexity index is 1100. The minimum atomic E-state index is -0.778. The highest BCUT2D eigenvalue weighted by Gasteiger charge is 2.16. The molecule has 0 aromatic carbocycles. The van der Waals surface area contributed by atoms with Gasteiger partial charge in [-0.15, -0.1) is 0 Å². The maximum atomic E-state index is 12.3. The van der Waals surface area contributed by atoms with E-state index in [4.69, 9.17) is 9.47 Å². The zero-order valence-electron chi connectivity index (χ0n) is 46.6. The Morgan fingerprint density at radius 2 is 0.580 bits per heavy atom. The molecule has 0 fully saturated rings. The maximum Gasteiger partial charge on any atom is 0.306 e. The first-order valence-corrected chi connectivity index (χ1v) is 31.0. The number of esters is 2. The molecule has 0 aliphatic rings. The first-order chi connectivity index (χ1) is 34.1. The second kappa shape index (κ2) is 60.4. The van der Waals surface area contributed by atoms with Crippen LogP contribution < -0.4 is 0 Å². The smallest absolute Gasteiger partial charge is 0.306 e. The van der Waals surface area contributed by atoms with Gasteiger partial charge in [-0.2, -0.15) is 0 Å². The molecule has 1 N–H and O–H groups in total. The molecule has 0 saturated heterocycles. The van der Waals surface area contributed by atoms with Gasteiger partial charge < -0.3 is 14.6 Å². The van der Waals surface area contributed by atoms with Crippen molar-refractivity contribution in [3.8, 4) is 0 Å². The van der Waals surface area contributed by atoms with Gasteiger partial charge in [-0.1, -0.05) is 314 Å². The monoisotopic (exact) mass is 969 g/mol. The van der Waals surface area contributed by atoms with Crippen LogP contribution in [0.25, 0.3) is 0 Å². The minimum Gasteiger partial charge on any atom is -0.462 e. The number of aliphatic hydroxyl groups excluding tert-OH is 1. The van der Waals surface area contributed by atoms with E-state index in [1.54, 1.807) is 0 Å². The van der Waals surface area contributed by atoms with Gasteiger partial charge in [0.25, 0.3) is 0 Å². The Morgan fingerprint density at radius 1 is 0.333 bits per heavy atom. The summed E-state index contributed by atoms with van der Waals surface area (Å²) in [5.74, 6) is -0.589. The second-order valence-electron chi connectivity index (χ2n) is 21.1. The van der Waals surface area contributed by atoms with E-state index in [1.165, 1.54) is 257 Å². The number of unbranched alkanes of at least 4 members (excludes halogenated alkanes) is 44. The molecule has 0 rings (SSSR count). The third-order valence-electron chi connectivity index (χ3n) is 14.2. The minimum absolute atomic E-state index is 0.0673. The summed E-state index contributed by atoms with van der Waals surface area (Å²) in [4.78, 5) is 24.5. The van der Waals surface area contributed by atoms with Crippen molar-refractivity contribution in [1.82, 2.24) is 0 Å². The van der Waals surface area contributed by atoms with E-state index in [0.717, 1.165) is 57.8 Å². The van der Waals surface area contributed by atoms with E-state index in [1.807, 2.05) is 0 Å². The topological polar surface area (TPSA) is 72.8 Å². The highest BCUT2D eigenvalue weighted by atomic mass is 16.6. The summed E-state index contributed by atoms with van der Waals surface area (Å²) in [5, 5.41) is 9.66. The van der Waals surface area contributed by atoms with Gasteiger partial charge in [0, 0.05) is 12.8 Å². The van der Waals surface area contributed by atoms with Gasteiger partial charge in [0.1, 0.15) is 6.61 Å². The first-order valence-electron chi connectivity index (χ1n) is 31.0. The Labute approximate surface area is 431 Å². The molecular formula is C64H120O5. The zero-order valence-corrected chi connectivity index (χ0v) is 46.6. The molecule has 5 heteroatoms.